The third-order valence-electron chi connectivity index (χ3n) is 7.00. The van der Waals surface area contributed by atoms with Gasteiger partial charge in [-0.15, -0.1) is 5.10 Å². The van der Waals surface area contributed by atoms with Crippen molar-refractivity contribution < 1.29 is 43.8 Å². The Labute approximate surface area is 243 Å². The molecule has 0 saturated carbocycles. The van der Waals surface area contributed by atoms with Crippen LogP contribution in [0.2, 0.25) is 0 Å². The van der Waals surface area contributed by atoms with Crippen molar-refractivity contribution in [2.75, 3.05) is 36.5 Å². The van der Waals surface area contributed by atoms with E-state index in [-0.39, 0.29) is 16.9 Å². The number of anilines is 2. The first-order valence-corrected chi connectivity index (χ1v) is 13.2. The van der Waals surface area contributed by atoms with Crippen molar-refractivity contribution in [2.45, 2.75) is 45.0 Å². The minimum atomic E-state index is -3.98. The third-order valence-corrected chi connectivity index (χ3v) is 7.00. The fraction of sp³-hybridized carbons (Fsp3) is 0.407. The second-order valence-corrected chi connectivity index (χ2v) is 11.2. The van der Waals surface area contributed by atoms with Crippen LogP contribution in [0, 0.1) is 18.7 Å². The first-order valence-electron chi connectivity index (χ1n) is 13.2. The van der Waals surface area contributed by atoms with E-state index < -0.39 is 40.8 Å². The zero-order valence-electron chi connectivity index (χ0n) is 23.7. The fourth-order valence-electron chi connectivity index (χ4n) is 4.66. The minimum absolute atomic E-state index is 0.0108. The van der Waals surface area contributed by atoms with E-state index >= 15 is 4.39 Å². The number of ether oxygens (including phenoxy) is 1. The van der Waals surface area contributed by atoms with E-state index in [0.717, 1.165) is 10.9 Å². The number of hydrogen-bond donors (Lipinski definition) is 6. The number of nitrogens with one attached hydrogen (secondary N) is 1. The van der Waals surface area contributed by atoms with Gasteiger partial charge in [0.05, 0.1) is 30.6 Å². The number of aliphatic hydroxyl groups is 5. The topological polar surface area (TPSA) is 191 Å². The van der Waals surface area contributed by atoms with E-state index in [2.05, 4.69) is 20.5 Å². The zero-order chi connectivity index (χ0) is 31.5. The zero-order valence-corrected chi connectivity index (χ0v) is 23.7. The lowest BCUT2D eigenvalue weighted by atomic mass is 9.99. The molecule has 230 valence electrons. The van der Waals surface area contributed by atoms with Gasteiger partial charge in [0, 0.05) is 13.1 Å². The highest BCUT2D eigenvalue weighted by atomic mass is 19.1. The molecule has 0 spiro atoms. The number of carbonyl (C=O) groups is 1. The Morgan fingerprint density at radius 3 is 2.30 bits per heavy atom. The van der Waals surface area contributed by atoms with E-state index in [9.17, 15) is 34.7 Å². The second kappa shape index (κ2) is 10.6. The first kappa shape index (κ1) is 30.4. The lowest BCUT2D eigenvalue weighted by molar-refractivity contribution is -0.456. The highest BCUT2D eigenvalue weighted by Gasteiger charge is 2.51. The standard InChI is InChI=1S/C27H31F2N7O7/c1-14-9-18(28)19(31-23(37)17-13-30-36(22(17)29)25(2,3)4)12-16(14)15-10-20-32-24(26(38,39)27(40,41)42)33-35(20)21(11-15)34-5-7-43-8-6-34/h9-13,38-42H,5-8H2,1-4H3,(H,31,37). The van der Waals surface area contributed by atoms with Crippen LogP contribution in [0.15, 0.2) is 30.5 Å². The first-order chi connectivity index (χ1) is 20.0. The molecule has 0 atom stereocenters. The molecule has 1 aromatic carbocycles. The van der Waals surface area contributed by atoms with Gasteiger partial charge >= 0.3 is 11.8 Å². The highest BCUT2D eigenvalue weighted by Crippen LogP contribution is 2.34. The average Bonchev–Trinajstić information content (AvgIpc) is 3.53. The third kappa shape index (κ3) is 5.55. The van der Waals surface area contributed by atoms with Gasteiger partial charge in [-0.2, -0.15) is 14.0 Å². The smallest absolute Gasteiger partial charge is 0.341 e. The van der Waals surface area contributed by atoms with Gasteiger partial charge in [0.25, 0.3) is 5.91 Å². The van der Waals surface area contributed by atoms with Crippen LogP contribution < -0.4 is 10.2 Å². The van der Waals surface area contributed by atoms with Gasteiger partial charge in [-0.1, -0.05) is 0 Å². The largest absolute Gasteiger partial charge is 0.378 e. The molecule has 1 aliphatic heterocycles. The fourth-order valence-corrected chi connectivity index (χ4v) is 4.66. The summed E-state index contributed by atoms with van der Waals surface area (Å²) in [5, 5.41) is 59.1. The summed E-state index contributed by atoms with van der Waals surface area (Å²) < 4.78 is 37.7. The number of morpholine rings is 1. The lowest BCUT2D eigenvalue weighted by Gasteiger charge is -2.29. The molecule has 0 aliphatic carbocycles. The molecule has 6 N–H and O–H groups in total. The summed E-state index contributed by atoms with van der Waals surface area (Å²) in [4.78, 5) is 18.8. The number of amides is 1. The predicted octanol–water partition coefficient (Wildman–Crippen LogP) is 0.791. The molecule has 3 aromatic heterocycles. The lowest BCUT2D eigenvalue weighted by Crippen LogP contribution is -2.52. The summed E-state index contributed by atoms with van der Waals surface area (Å²) in [6.45, 7) is 8.35. The summed E-state index contributed by atoms with van der Waals surface area (Å²) in [6, 6.07) is 5.68. The van der Waals surface area contributed by atoms with E-state index in [1.807, 2.05) is 4.90 Å². The van der Waals surface area contributed by atoms with Crippen molar-refractivity contribution in [3.8, 4) is 11.1 Å². The molecule has 43 heavy (non-hydrogen) atoms. The van der Waals surface area contributed by atoms with Gasteiger partial charge in [-0.05, 0) is 68.7 Å². The number of hydrogen-bond acceptors (Lipinski definition) is 11. The molecule has 1 amide bonds. The Balaban J connectivity index is 1.60. The molecule has 1 saturated heterocycles. The summed E-state index contributed by atoms with van der Waals surface area (Å²) in [6.07, 6.45) is 1.07. The second-order valence-electron chi connectivity index (χ2n) is 11.2. The van der Waals surface area contributed by atoms with Crippen LogP contribution >= 0.6 is 0 Å². The van der Waals surface area contributed by atoms with Crippen molar-refractivity contribution in [1.82, 2.24) is 24.4 Å². The maximum Gasteiger partial charge on any atom is 0.341 e. The molecule has 0 bridgehead atoms. The number of benzene rings is 1. The van der Waals surface area contributed by atoms with Crippen molar-refractivity contribution in [3.63, 3.8) is 0 Å². The van der Waals surface area contributed by atoms with Crippen LogP contribution in [-0.4, -0.2) is 88.1 Å². The minimum Gasteiger partial charge on any atom is -0.378 e. The van der Waals surface area contributed by atoms with Gasteiger partial charge in [0.2, 0.25) is 11.8 Å². The van der Waals surface area contributed by atoms with Crippen molar-refractivity contribution >= 4 is 23.1 Å². The summed E-state index contributed by atoms with van der Waals surface area (Å²) in [7, 11) is 0. The monoisotopic (exact) mass is 603 g/mol. The van der Waals surface area contributed by atoms with Gasteiger partial charge in [0.1, 0.15) is 17.2 Å². The van der Waals surface area contributed by atoms with Gasteiger partial charge in [-0.3, -0.25) is 4.79 Å². The quantitative estimate of drug-likeness (QED) is 0.171. The molecule has 14 nitrogen and oxygen atoms in total. The number of rotatable bonds is 6. The van der Waals surface area contributed by atoms with E-state index in [4.69, 9.17) is 4.74 Å². The Hall–Kier alpha value is -4.06. The van der Waals surface area contributed by atoms with E-state index in [1.54, 1.807) is 33.8 Å². The van der Waals surface area contributed by atoms with Gasteiger partial charge in [0.15, 0.2) is 5.65 Å². The Bertz CT molecular complexity index is 1700. The number of fused-ring (bicyclic) bond motifs is 1. The number of aromatic nitrogens is 5. The normalized spacial score (nSPS) is 14.9. The molecule has 0 radical (unpaired) electrons. The number of aryl methyl sites for hydroxylation is 1. The van der Waals surface area contributed by atoms with Crippen molar-refractivity contribution in [2.24, 2.45) is 0 Å². The molecule has 1 aliphatic rings. The number of nitrogens with zero attached hydrogens (tertiary/aromatic N) is 6. The molecular weight excluding hydrogens is 572 g/mol. The molecule has 1 fully saturated rings. The van der Waals surface area contributed by atoms with Crippen LogP contribution in [-0.2, 0) is 16.1 Å². The average molecular weight is 604 g/mol. The maximum absolute atomic E-state index is 15.1. The summed E-state index contributed by atoms with van der Waals surface area (Å²) >= 11 is 0. The van der Waals surface area contributed by atoms with Crippen molar-refractivity contribution in [3.05, 3.63) is 59.2 Å². The molecule has 0 unspecified atom stereocenters. The van der Waals surface area contributed by atoms with Crippen LogP contribution in [0.25, 0.3) is 16.8 Å². The maximum atomic E-state index is 15.1. The van der Waals surface area contributed by atoms with E-state index in [1.165, 1.54) is 22.7 Å². The molecule has 4 aromatic rings. The molecular formula is C27H31F2N7O7. The number of halogens is 2. The predicted molar refractivity (Wildman–Crippen MR) is 147 cm³/mol. The summed E-state index contributed by atoms with van der Waals surface area (Å²) in [5.41, 5.74) is 0.00462. The van der Waals surface area contributed by atoms with Crippen LogP contribution in [0.4, 0.5) is 20.3 Å². The Morgan fingerprint density at radius 1 is 1.02 bits per heavy atom. The van der Waals surface area contributed by atoms with E-state index in [0.29, 0.717) is 48.8 Å². The van der Waals surface area contributed by atoms with Gasteiger partial charge < -0.3 is 40.5 Å². The Kier molecular flexibility index (Phi) is 7.48. The molecule has 4 heterocycles. The summed E-state index contributed by atoms with van der Waals surface area (Å²) in [5.74, 6) is -10.7. The highest BCUT2D eigenvalue weighted by molar-refractivity contribution is 6.04. The molecule has 16 heteroatoms. The van der Waals surface area contributed by atoms with Crippen molar-refractivity contribution in [1.29, 1.82) is 0 Å². The van der Waals surface area contributed by atoms with Gasteiger partial charge in [-0.25, -0.2) is 14.1 Å². The number of carbonyl (C=O) groups excluding carboxylic acids is 1. The van der Waals surface area contributed by atoms with Crippen LogP contribution in [0.5, 0.6) is 0 Å². The SMILES string of the molecule is Cc1cc(F)c(NC(=O)c2cnn(C(C)(C)C)c2F)cc1-c1cc(N2CCOCC2)n2nc(C(O)(O)C(O)(O)O)nc2c1. The van der Waals surface area contributed by atoms with Crippen LogP contribution in [0.3, 0.4) is 0 Å². The Morgan fingerprint density at radius 2 is 1.70 bits per heavy atom. The van der Waals surface area contributed by atoms with Crippen LogP contribution in [0.1, 0.15) is 42.5 Å². The molecule has 5 rings (SSSR count). The number of pyridine rings is 1.